The van der Waals surface area contributed by atoms with E-state index in [1.807, 2.05) is 43.3 Å². The summed E-state index contributed by atoms with van der Waals surface area (Å²) in [6.07, 6.45) is 0.855. The van der Waals surface area contributed by atoms with Crippen LogP contribution < -0.4 is 4.74 Å². The number of ether oxygens (including phenoxy) is 2. The third kappa shape index (κ3) is 5.21. The maximum Gasteiger partial charge on any atom is 0.119 e. The Balaban J connectivity index is 1.62. The number of aryl methyl sites for hydroxylation is 1. The molecule has 2 rings (SSSR count). The molecular formula is C18H22O3. The second-order valence-corrected chi connectivity index (χ2v) is 4.99. The van der Waals surface area contributed by atoms with Gasteiger partial charge in [0.1, 0.15) is 5.75 Å². The Morgan fingerprint density at radius 1 is 1.00 bits per heavy atom. The summed E-state index contributed by atoms with van der Waals surface area (Å²) in [5.41, 5.74) is 3.18. The maximum absolute atomic E-state index is 9.12. The molecule has 2 aromatic rings. The Labute approximate surface area is 126 Å². The first kappa shape index (κ1) is 15.5. The van der Waals surface area contributed by atoms with Gasteiger partial charge in [0, 0.05) is 6.42 Å². The lowest BCUT2D eigenvalue weighted by Gasteiger charge is -2.09. The fourth-order valence-corrected chi connectivity index (χ4v) is 2.05. The highest BCUT2D eigenvalue weighted by Gasteiger charge is 2.00. The first-order valence-corrected chi connectivity index (χ1v) is 7.24. The molecule has 0 fully saturated rings. The molecule has 0 aliphatic rings. The fraction of sp³-hybridized carbons (Fsp3) is 0.333. The van der Waals surface area contributed by atoms with Crippen molar-refractivity contribution in [2.45, 2.75) is 26.6 Å². The van der Waals surface area contributed by atoms with Crippen molar-refractivity contribution in [2.24, 2.45) is 0 Å². The van der Waals surface area contributed by atoms with Gasteiger partial charge in [0.05, 0.1) is 26.4 Å². The summed E-state index contributed by atoms with van der Waals surface area (Å²) in [4.78, 5) is 0. The molecule has 0 amide bonds. The molecule has 0 bridgehead atoms. The van der Waals surface area contributed by atoms with Gasteiger partial charge in [-0.05, 0) is 35.7 Å². The van der Waals surface area contributed by atoms with Gasteiger partial charge in [-0.15, -0.1) is 0 Å². The van der Waals surface area contributed by atoms with Gasteiger partial charge in [0.2, 0.25) is 0 Å². The van der Waals surface area contributed by atoms with Gasteiger partial charge in [0.25, 0.3) is 0 Å². The average Bonchev–Trinajstić information content (AvgIpc) is 2.52. The first-order valence-electron chi connectivity index (χ1n) is 7.24. The summed E-state index contributed by atoms with van der Waals surface area (Å²) in [6, 6.07) is 15.9. The van der Waals surface area contributed by atoms with Gasteiger partial charge in [-0.1, -0.05) is 36.4 Å². The molecule has 0 saturated heterocycles. The van der Waals surface area contributed by atoms with Crippen molar-refractivity contribution in [3.63, 3.8) is 0 Å². The minimum Gasteiger partial charge on any atom is -0.493 e. The van der Waals surface area contributed by atoms with Gasteiger partial charge in [0.15, 0.2) is 0 Å². The Bertz CT molecular complexity index is 537. The highest BCUT2D eigenvalue weighted by molar-refractivity contribution is 5.34. The Kier molecular flexibility index (Phi) is 6.25. The van der Waals surface area contributed by atoms with Crippen LogP contribution >= 0.6 is 0 Å². The zero-order valence-electron chi connectivity index (χ0n) is 12.4. The van der Waals surface area contributed by atoms with E-state index in [4.69, 9.17) is 14.6 Å². The molecule has 0 radical (unpaired) electrons. The molecule has 0 spiro atoms. The minimum absolute atomic E-state index is 0.0689. The molecule has 1 N–H and O–H groups in total. The SMILES string of the molecule is Cc1cc(OCCCOCc2ccccc2)ccc1CO. The van der Waals surface area contributed by atoms with E-state index < -0.39 is 0 Å². The second-order valence-electron chi connectivity index (χ2n) is 4.99. The normalized spacial score (nSPS) is 10.6. The van der Waals surface area contributed by atoms with Crippen LogP contribution in [0.5, 0.6) is 5.75 Å². The number of rotatable bonds is 8. The summed E-state index contributed by atoms with van der Waals surface area (Å²) in [5, 5.41) is 9.12. The van der Waals surface area contributed by atoms with E-state index in [0.717, 1.165) is 23.3 Å². The standard InChI is InChI=1S/C18H22O3/c1-15-12-18(9-8-17(15)13-19)21-11-5-10-20-14-16-6-3-2-4-7-16/h2-4,6-9,12,19H,5,10-11,13-14H2,1H3. The molecular weight excluding hydrogens is 264 g/mol. The molecule has 0 saturated carbocycles. The van der Waals surface area contributed by atoms with E-state index in [1.54, 1.807) is 0 Å². The van der Waals surface area contributed by atoms with Crippen LogP contribution in [0.3, 0.4) is 0 Å². The number of benzene rings is 2. The van der Waals surface area contributed by atoms with Crippen LogP contribution in [0.2, 0.25) is 0 Å². The van der Waals surface area contributed by atoms with Crippen LogP contribution in [0.1, 0.15) is 23.1 Å². The molecule has 0 unspecified atom stereocenters. The molecule has 112 valence electrons. The summed E-state index contributed by atoms with van der Waals surface area (Å²) >= 11 is 0. The molecule has 21 heavy (non-hydrogen) atoms. The molecule has 0 aromatic heterocycles. The van der Waals surface area contributed by atoms with E-state index >= 15 is 0 Å². The summed E-state index contributed by atoms with van der Waals surface area (Å²) in [7, 11) is 0. The molecule has 0 aliphatic heterocycles. The largest absolute Gasteiger partial charge is 0.493 e. The smallest absolute Gasteiger partial charge is 0.119 e. The quantitative estimate of drug-likeness (QED) is 0.755. The van der Waals surface area contributed by atoms with Crippen molar-refractivity contribution in [1.29, 1.82) is 0 Å². The van der Waals surface area contributed by atoms with Crippen molar-refractivity contribution >= 4 is 0 Å². The van der Waals surface area contributed by atoms with E-state index in [0.29, 0.717) is 19.8 Å². The Morgan fingerprint density at radius 2 is 1.81 bits per heavy atom. The third-order valence-corrected chi connectivity index (χ3v) is 3.30. The van der Waals surface area contributed by atoms with Crippen molar-refractivity contribution in [3.8, 4) is 5.75 Å². The van der Waals surface area contributed by atoms with Crippen LogP contribution in [0.15, 0.2) is 48.5 Å². The predicted molar refractivity (Wildman–Crippen MR) is 83.3 cm³/mol. The lowest BCUT2D eigenvalue weighted by atomic mass is 10.1. The van der Waals surface area contributed by atoms with E-state index in [9.17, 15) is 0 Å². The topological polar surface area (TPSA) is 38.7 Å². The van der Waals surface area contributed by atoms with E-state index in [1.165, 1.54) is 5.56 Å². The minimum atomic E-state index is 0.0689. The zero-order chi connectivity index (χ0) is 14.9. The fourth-order valence-electron chi connectivity index (χ4n) is 2.05. The molecule has 3 heteroatoms. The average molecular weight is 286 g/mol. The second kappa shape index (κ2) is 8.45. The Hall–Kier alpha value is -1.84. The molecule has 0 aliphatic carbocycles. The van der Waals surface area contributed by atoms with Crippen LogP contribution in [-0.4, -0.2) is 18.3 Å². The lowest BCUT2D eigenvalue weighted by Crippen LogP contribution is -2.03. The van der Waals surface area contributed by atoms with Crippen molar-refractivity contribution < 1.29 is 14.6 Å². The number of aliphatic hydroxyl groups excluding tert-OH is 1. The van der Waals surface area contributed by atoms with Crippen LogP contribution in [0.25, 0.3) is 0 Å². The summed E-state index contributed by atoms with van der Waals surface area (Å²) < 4.78 is 11.3. The molecule has 0 atom stereocenters. The van der Waals surface area contributed by atoms with E-state index in [2.05, 4.69) is 12.1 Å². The van der Waals surface area contributed by atoms with Gasteiger partial charge in [-0.2, -0.15) is 0 Å². The number of aliphatic hydroxyl groups is 1. The molecule has 3 nitrogen and oxygen atoms in total. The van der Waals surface area contributed by atoms with Gasteiger partial charge < -0.3 is 14.6 Å². The molecule has 0 heterocycles. The maximum atomic E-state index is 9.12. The zero-order valence-corrected chi connectivity index (χ0v) is 12.4. The number of hydrogen-bond donors (Lipinski definition) is 1. The van der Waals surface area contributed by atoms with Gasteiger partial charge >= 0.3 is 0 Å². The monoisotopic (exact) mass is 286 g/mol. The van der Waals surface area contributed by atoms with Crippen LogP contribution in [0.4, 0.5) is 0 Å². The van der Waals surface area contributed by atoms with Gasteiger partial charge in [-0.25, -0.2) is 0 Å². The highest BCUT2D eigenvalue weighted by Crippen LogP contribution is 2.17. The van der Waals surface area contributed by atoms with Crippen molar-refractivity contribution in [1.82, 2.24) is 0 Å². The summed E-state index contributed by atoms with van der Waals surface area (Å²) in [5.74, 6) is 0.841. The summed E-state index contributed by atoms with van der Waals surface area (Å²) in [6.45, 7) is 4.00. The third-order valence-electron chi connectivity index (χ3n) is 3.30. The first-order chi connectivity index (χ1) is 10.3. The van der Waals surface area contributed by atoms with Crippen LogP contribution in [-0.2, 0) is 18.0 Å². The lowest BCUT2D eigenvalue weighted by molar-refractivity contribution is 0.107. The highest BCUT2D eigenvalue weighted by atomic mass is 16.5. The van der Waals surface area contributed by atoms with E-state index in [-0.39, 0.29) is 6.61 Å². The molecule has 2 aromatic carbocycles. The van der Waals surface area contributed by atoms with Crippen molar-refractivity contribution in [2.75, 3.05) is 13.2 Å². The van der Waals surface area contributed by atoms with Gasteiger partial charge in [-0.3, -0.25) is 0 Å². The Morgan fingerprint density at radius 3 is 2.52 bits per heavy atom. The van der Waals surface area contributed by atoms with Crippen molar-refractivity contribution in [3.05, 3.63) is 65.2 Å². The predicted octanol–water partition coefficient (Wildman–Crippen LogP) is 3.47. The number of hydrogen-bond acceptors (Lipinski definition) is 3. The van der Waals surface area contributed by atoms with Crippen LogP contribution in [0, 0.1) is 6.92 Å².